The molecule has 5 rings (SSSR count). The van der Waals surface area contributed by atoms with Gasteiger partial charge in [-0.1, -0.05) is 24.4 Å². The first-order valence-electron chi connectivity index (χ1n) is 10.8. The zero-order chi connectivity index (χ0) is 19.6. The number of aromatic nitrogens is 4. The van der Waals surface area contributed by atoms with Gasteiger partial charge in [-0.2, -0.15) is 4.98 Å². The highest BCUT2D eigenvalue weighted by atomic mass is 16.5. The number of benzene rings is 1. The summed E-state index contributed by atoms with van der Waals surface area (Å²) in [6.45, 7) is 2.46. The maximum absolute atomic E-state index is 12.3. The average molecular weight is 393 g/mol. The van der Waals surface area contributed by atoms with E-state index in [9.17, 15) is 4.79 Å². The van der Waals surface area contributed by atoms with Gasteiger partial charge in [0.15, 0.2) is 0 Å². The second-order valence-corrected chi connectivity index (χ2v) is 8.27. The third-order valence-electron chi connectivity index (χ3n) is 6.30. The molecule has 2 aromatic heterocycles. The molecule has 0 radical (unpaired) electrons. The van der Waals surface area contributed by atoms with Crippen molar-refractivity contribution < 1.29 is 9.32 Å². The summed E-state index contributed by atoms with van der Waals surface area (Å²) < 4.78 is 7.61. The molecule has 0 bridgehead atoms. The monoisotopic (exact) mass is 393 g/mol. The maximum atomic E-state index is 12.3. The third kappa shape index (κ3) is 3.78. The highest BCUT2D eigenvalue weighted by molar-refractivity contribution is 5.81. The minimum Gasteiger partial charge on any atom is -0.343 e. The number of likely N-dealkylation sites (tertiary alicyclic amines) is 1. The number of hydrogen-bond donors (Lipinski definition) is 0. The molecule has 1 aliphatic carbocycles. The van der Waals surface area contributed by atoms with Crippen LogP contribution >= 0.6 is 0 Å². The molecule has 1 amide bonds. The Bertz CT molecular complexity index is 996. The SMILES string of the molecule is O=C(CCn1cnc2cc(-c3noc(C4CCCCC4)n3)ccc21)N1CCCC1. The maximum Gasteiger partial charge on any atom is 0.230 e. The van der Waals surface area contributed by atoms with Gasteiger partial charge in [0.2, 0.25) is 17.6 Å². The molecule has 152 valence electrons. The Morgan fingerprint density at radius 1 is 1.10 bits per heavy atom. The van der Waals surface area contributed by atoms with E-state index in [2.05, 4.69) is 19.7 Å². The number of hydrogen-bond acceptors (Lipinski definition) is 5. The lowest BCUT2D eigenvalue weighted by molar-refractivity contribution is -0.130. The fraction of sp³-hybridized carbons (Fsp3) is 0.545. The number of imidazole rings is 1. The molecule has 7 heteroatoms. The molecule has 7 nitrogen and oxygen atoms in total. The second kappa shape index (κ2) is 7.97. The van der Waals surface area contributed by atoms with Crippen molar-refractivity contribution in [3.05, 3.63) is 30.4 Å². The van der Waals surface area contributed by atoms with Crippen LogP contribution in [0.15, 0.2) is 29.0 Å². The molecule has 3 heterocycles. The minimum absolute atomic E-state index is 0.239. The van der Waals surface area contributed by atoms with E-state index in [-0.39, 0.29) is 5.91 Å². The molecule has 1 saturated heterocycles. The van der Waals surface area contributed by atoms with Crippen LogP contribution in [0.5, 0.6) is 0 Å². The number of carbonyl (C=O) groups excluding carboxylic acids is 1. The molecule has 0 unspecified atom stereocenters. The van der Waals surface area contributed by atoms with Gasteiger partial charge in [0.05, 0.1) is 17.4 Å². The Labute approximate surface area is 170 Å². The molecule has 1 aromatic carbocycles. The zero-order valence-corrected chi connectivity index (χ0v) is 16.7. The second-order valence-electron chi connectivity index (χ2n) is 8.27. The molecule has 29 heavy (non-hydrogen) atoms. The van der Waals surface area contributed by atoms with E-state index in [4.69, 9.17) is 4.52 Å². The molecule has 0 atom stereocenters. The summed E-state index contributed by atoms with van der Waals surface area (Å²) in [7, 11) is 0. The molecule has 2 aliphatic rings. The van der Waals surface area contributed by atoms with Crippen LogP contribution < -0.4 is 0 Å². The van der Waals surface area contributed by atoms with Crippen LogP contribution in [0.2, 0.25) is 0 Å². The van der Waals surface area contributed by atoms with E-state index in [1.807, 2.05) is 29.4 Å². The first-order chi connectivity index (χ1) is 14.3. The molecular formula is C22H27N5O2. The summed E-state index contributed by atoms with van der Waals surface area (Å²) in [5.74, 6) is 2.04. The van der Waals surface area contributed by atoms with Crippen LogP contribution in [-0.2, 0) is 11.3 Å². The van der Waals surface area contributed by atoms with E-state index in [0.717, 1.165) is 61.3 Å². The predicted octanol–water partition coefficient (Wildman–Crippen LogP) is 4.15. The summed E-state index contributed by atoms with van der Waals surface area (Å²) in [6.07, 6.45) is 10.7. The normalized spacial score (nSPS) is 18.0. The standard InChI is InChI=1S/C22H27N5O2/c28-20(26-11-4-5-12-26)10-13-27-15-23-18-14-17(8-9-19(18)27)21-24-22(29-25-21)16-6-2-1-3-7-16/h8-9,14-16H,1-7,10-13H2. The minimum atomic E-state index is 0.239. The van der Waals surface area contributed by atoms with Crippen molar-refractivity contribution in [3.8, 4) is 11.4 Å². The van der Waals surface area contributed by atoms with Gasteiger partial charge in [-0.3, -0.25) is 4.79 Å². The first kappa shape index (κ1) is 18.3. The van der Waals surface area contributed by atoms with Crippen molar-refractivity contribution >= 4 is 16.9 Å². The molecular weight excluding hydrogens is 366 g/mol. The zero-order valence-electron chi connectivity index (χ0n) is 16.7. The van der Waals surface area contributed by atoms with E-state index in [0.29, 0.717) is 24.7 Å². The van der Waals surface area contributed by atoms with Crippen molar-refractivity contribution in [3.63, 3.8) is 0 Å². The molecule has 0 N–H and O–H groups in total. The van der Waals surface area contributed by atoms with Crippen LogP contribution in [0.1, 0.15) is 63.2 Å². The van der Waals surface area contributed by atoms with Gasteiger partial charge >= 0.3 is 0 Å². The summed E-state index contributed by atoms with van der Waals surface area (Å²) in [5, 5.41) is 4.21. The van der Waals surface area contributed by atoms with E-state index in [1.54, 1.807) is 0 Å². The number of rotatable bonds is 5. The van der Waals surface area contributed by atoms with Gasteiger partial charge in [0, 0.05) is 37.5 Å². The Hall–Kier alpha value is -2.70. The van der Waals surface area contributed by atoms with Gasteiger partial charge in [-0.25, -0.2) is 4.98 Å². The Morgan fingerprint density at radius 2 is 1.93 bits per heavy atom. The van der Waals surface area contributed by atoms with E-state index in [1.165, 1.54) is 19.3 Å². The summed E-state index contributed by atoms with van der Waals surface area (Å²) in [5.41, 5.74) is 2.83. The Balaban J connectivity index is 1.30. The summed E-state index contributed by atoms with van der Waals surface area (Å²) in [4.78, 5) is 23.5. The van der Waals surface area contributed by atoms with Crippen molar-refractivity contribution in [2.24, 2.45) is 0 Å². The molecule has 2 fully saturated rings. The highest BCUT2D eigenvalue weighted by Gasteiger charge is 2.22. The highest BCUT2D eigenvalue weighted by Crippen LogP contribution is 2.32. The topological polar surface area (TPSA) is 77.0 Å². The molecule has 3 aromatic rings. The van der Waals surface area contributed by atoms with E-state index < -0.39 is 0 Å². The number of aryl methyl sites for hydroxylation is 1. The summed E-state index contributed by atoms with van der Waals surface area (Å²) >= 11 is 0. The smallest absolute Gasteiger partial charge is 0.230 e. The molecule has 1 aliphatic heterocycles. The molecule has 1 saturated carbocycles. The van der Waals surface area contributed by atoms with Gasteiger partial charge in [-0.15, -0.1) is 0 Å². The van der Waals surface area contributed by atoms with Gasteiger partial charge in [0.1, 0.15) is 0 Å². The lowest BCUT2D eigenvalue weighted by Gasteiger charge is -2.17. The number of nitrogens with zero attached hydrogens (tertiary/aromatic N) is 5. The van der Waals surface area contributed by atoms with Gasteiger partial charge in [0.25, 0.3) is 0 Å². The molecule has 0 spiro atoms. The van der Waals surface area contributed by atoms with Gasteiger partial charge < -0.3 is 14.0 Å². The fourth-order valence-electron chi connectivity index (χ4n) is 4.59. The van der Waals surface area contributed by atoms with Gasteiger partial charge in [-0.05, 0) is 43.9 Å². The van der Waals surface area contributed by atoms with Crippen molar-refractivity contribution in [2.45, 2.75) is 63.8 Å². The predicted molar refractivity (Wildman–Crippen MR) is 109 cm³/mol. The number of fused-ring (bicyclic) bond motifs is 1. The lowest BCUT2D eigenvalue weighted by atomic mass is 9.89. The van der Waals surface area contributed by atoms with Crippen LogP contribution in [-0.4, -0.2) is 43.6 Å². The van der Waals surface area contributed by atoms with Crippen LogP contribution in [0.3, 0.4) is 0 Å². The third-order valence-corrected chi connectivity index (χ3v) is 6.30. The Kier molecular flexibility index (Phi) is 5.04. The summed E-state index contributed by atoms with van der Waals surface area (Å²) in [6, 6.07) is 6.05. The Morgan fingerprint density at radius 3 is 2.76 bits per heavy atom. The quantitative estimate of drug-likeness (QED) is 0.651. The number of amides is 1. The van der Waals surface area contributed by atoms with Crippen molar-refractivity contribution in [1.82, 2.24) is 24.6 Å². The average Bonchev–Trinajstić information content (AvgIpc) is 3.53. The first-order valence-corrected chi connectivity index (χ1v) is 10.8. The lowest BCUT2D eigenvalue weighted by Crippen LogP contribution is -2.28. The van der Waals surface area contributed by atoms with Crippen molar-refractivity contribution in [1.29, 1.82) is 0 Å². The fourth-order valence-corrected chi connectivity index (χ4v) is 4.59. The van der Waals surface area contributed by atoms with Crippen LogP contribution in [0, 0.1) is 0 Å². The van der Waals surface area contributed by atoms with Crippen LogP contribution in [0.4, 0.5) is 0 Å². The van der Waals surface area contributed by atoms with E-state index >= 15 is 0 Å². The van der Waals surface area contributed by atoms with Crippen molar-refractivity contribution in [2.75, 3.05) is 13.1 Å². The number of carbonyl (C=O) groups is 1. The van der Waals surface area contributed by atoms with Crippen LogP contribution in [0.25, 0.3) is 22.4 Å². The largest absolute Gasteiger partial charge is 0.343 e.